The Morgan fingerprint density at radius 3 is 2.05 bits per heavy atom. The van der Waals surface area contributed by atoms with Crippen LogP contribution in [0.2, 0.25) is 36.3 Å². The number of hydrogen-bond donors (Lipinski definition) is 0. The van der Waals surface area contributed by atoms with Gasteiger partial charge in [-0.25, -0.2) is 4.79 Å². The van der Waals surface area contributed by atoms with Gasteiger partial charge < -0.3 is 19.3 Å². The molecular weight excluding hydrogens is 514 g/mol. The standard InChI is InChI=1S/C28H45N3O5Si2/c1-19(36-38(10,11)28(5,6)7)23-21(31(25(23)33)37(8,9)27(2,3)4)17-22(32)24(30-29)26(34)35-18-20-15-13-12-14-16-20/h12-16,19,21,23H,17-18H2,1-11H3/t19-,21-,23-/m1/s1. The average Bonchev–Trinajstić information content (AvgIpc) is 2.76. The third kappa shape index (κ3) is 6.59. The molecule has 0 aliphatic carbocycles. The number of carbonyl (C=O) groups is 3. The van der Waals surface area contributed by atoms with Crippen molar-refractivity contribution in [2.75, 3.05) is 0 Å². The third-order valence-electron chi connectivity index (χ3n) is 8.66. The van der Waals surface area contributed by atoms with Crippen LogP contribution in [0.25, 0.3) is 5.53 Å². The van der Waals surface area contributed by atoms with Crippen LogP contribution in [-0.4, -0.2) is 61.4 Å². The topological polar surface area (TPSA) is 109 Å². The maximum Gasteiger partial charge on any atom is 0.441 e. The Morgan fingerprint density at radius 1 is 1.03 bits per heavy atom. The van der Waals surface area contributed by atoms with E-state index in [4.69, 9.17) is 9.16 Å². The van der Waals surface area contributed by atoms with E-state index in [2.05, 4.69) is 72.5 Å². The second-order valence-corrected chi connectivity index (χ2v) is 23.2. The predicted octanol–water partition coefficient (Wildman–Crippen LogP) is 5.60. The maximum atomic E-state index is 13.7. The molecule has 0 radical (unpaired) electrons. The number of benzene rings is 1. The van der Waals surface area contributed by atoms with Crippen LogP contribution in [0.4, 0.5) is 0 Å². The second kappa shape index (κ2) is 11.4. The first-order valence-corrected chi connectivity index (χ1v) is 19.1. The van der Waals surface area contributed by atoms with Gasteiger partial charge in [0.2, 0.25) is 5.91 Å². The van der Waals surface area contributed by atoms with E-state index in [9.17, 15) is 19.9 Å². The van der Waals surface area contributed by atoms with Crippen molar-refractivity contribution in [1.82, 2.24) is 4.57 Å². The zero-order valence-corrected chi connectivity index (χ0v) is 26.9. The van der Waals surface area contributed by atoms with Crippen molar-refractivity contribution in [1.29, 1.82) is 0 Å². The van der Waals surface area contributed by atoms with E-state index in [1.165, 1.54) is 0 Å². The summed E-state index contributed by atoms with van der Waals surface area (Å²) in [6.45, 7) is 23.1. The molecular formula is C28H45N3O5Si2. The van der Waals surface area contributed by atoms with Crippen LogP contribution in [0.5, 0.6) is 0 Å². The molecule has 1 aliphatic heterocycles. The van der Waals surface area contributed by atoms with E-state index < -0.39 is 52.1 Å². The Labute approximate surface area is 229 Å². The number of Topliss-reactive ketones (excluding diaryl/α,β-unsaturated/α-hetero) is 1. The summed E-state index contributed by atoms with van der Waals surface area (Å²) in [5, 5.41) is -0.196. The highest BCUT2D eigenvalue weighted by Gasteiger charge is 2.60. The van der Waals surface area contributed by atoms with Crippen molar-refractivity contribution in [2.24, 2.45) is 5.92 Å². The van der Waals surface area contributed by atoms with Crippen molar-refractivity contribution in [3.63, 3.8) is 0 Å². The van der Waals surface area contributed by atoms with Gasteiger partial charge in [0, 0.05) is 12.5 Å². The Hall–Kier alpha value is -2.40. The molecule has 1 aromatic carbocycles. The van der Waals surface area contributed by atoms with Gasteiger partial charge in [-0.05, 0) is 35.7 Å². The molecule has 10 heteroatoms. The predicted molar refractivity (Wildman–Crippen MR) is 154 cm³/mol. The largest absolute Gasteiger partial charge is 0.452 e. The summed E-state index contributed by atoms with van der Waals surface area (Å²) in [6.07, 6.45) is -0.546. The quantitative estimate of drug-likeness (QED) is 0.0705. The number of carbonyl (C=O) groups excluding carboxylic acids is 3. The summed E-state index contributed by atoms with van der Waals surface area (Å²) in [5.41, 5.74) is 9.65. The van der Waals surface area contributed by atoms with E-state index in [0.29, 0.717) is 0 Å². The molecule has 0 bridgehead atoms. The van der Waals surface area contributed by atoms with Crippen molar-refractivity contribution in [3.05, 3.63) is 41.4 Å². The fourth-order valence-electron chi connectivity index (χ4n) is 4.35. The van der Waals surface area contributed by atoms with Crippen LogP contribution in [-0.2, 0) is 30.2 Å². The lowest BCUT2D eigenvalue weighted by Gasteiger charge is -2.60. The van der Waals surface area contributed by atoms with E-state index in [0.717, 1.165) is 5.56 Å². The molecule has 1 aliphatic rings. The maximum absolute atomic E-state index is 13.7. The van der Waals surface area contributed by atoms with E-state index in [1.54, 1.807) is 12.1 Å². The molecule has 0 N–H and O–H groups in total. The minimum atomic E-state index is -2.36. The van der Waals surface area contributed by atoms with Gasteiger partial charge in [-0.1, -0.05) is 85.0 Å². The molecule has 1 amide bonds. The van der Waals surface area contributed by atoms with Crippen LogP contribution in [0.1, 0.15) is 60.5 Å². The number of amides is 1. The van der Waals surface area contributed by atoms with Gasteiger partial charge in [-0.3, -0.25) is 9.59 Å². The lowest BCUT2D eigenvalue weighted by atomic mass is 9.82. The summed E-state index contributed by atoms with van der Waals surface area (Å²) in [4.78, 5) is 42.7. The third-order valence-corrected chi connectivity index (χ3v) is 18.7. The second-order valence-electron chi connectivity index (χ2n) is 13.3. The van der Waals surface area contributed by atoms with Crippen LogP contribution in [0.15, 0.2) is 30.3 Å². The monoisotopic (exact) mass is 559 g/mol. The van der Waals surface area contributed by atoms with Gasteiger partial charge in [-0.2, -0.15) is 4.79 Å². The van der Waals surface area contributed by atoms with E-state index in [-0.39, 0.29) is 29.0 Å². The number of rotatable bonds is 10. The zero-order valence-electron chi connectivity index (χ0n) is 24.9. The highest BCUT2D eigenvalue weighted by molar-refractivity contribution is 6.80. The smallest absolute Gasteiger partial charge is 0.441 e. The average molecular weight is 560 g/mol. The molecule has 38 heavy (non-hydrogen) atoms. The first-order valence-electron chi connectivity index (χ1n) is 13.2. The van der Waals surface area contributed by atoms with Crippen molar-refractivity contribution >= 4 is 39.9 Å². The normalized spacial score (nSPS) is 19.3. The molecule has 1 fully saturated rings. The van der Waals surface area contributed by atoms with Crippen LogP contribution >= 0.6 is 0 Å². The van der Waals surface area contributed by atoms with Crippen LogP contribution < -0.4 is 0 Å². The molecule has 210 valence electrons. The molecule has 1 saturated heterocycles. The SMILES string of the molecule is C[C@@H](O[Si](C)(C)C(C)(C)C)[C@H]1C(=O)N([Si](C)(C)C(C)(C)C)[C@@H]1CC(=O)C(=[N+]=[N-])C(=O)OCc1ccccc1. The number of β-lactam (4-membered cyclic amide) rings is 1. The molecule has 2 rings (SSSR count). The minimum absolute atomic E-state index is 0.0188. The molecule has 8 nitrogen and oxygen atoms in total. The Morgan fingerprint density at radius 2 is 1.58 bits per heavy atom. The lowest BCUT2D eigenvalue weighted by molar-refractivity contribution is -0.155. The molecule has 1 heterocycles. The van der Waals surface area contributed by atoms with E-state index >= 15 is 0 Å². The van der Waals surface area contributed by atoms with Gasteiger partial charge in [0.15, 0.2) is 16.6 Å². The van der Waals surface area contributed by atoms with E-state index in [1.807, 2.05) is 29.7 Å². The first kappa shape index (κ1) is 31.8. The van der Waals surface area contributed by atoms with Gasteiger partial charge in [0.25, 0.3) is 5.78 Å². The molecule has 3 atom stereocenters. The summed E-state index contributed by atoms with van der Waals surface area (Å²) in [7, 11) is -4.55. The Balaban J connectivity index is 2.31. The van der Waals surface area contributed by atoms with Crippen LogP contribution in [0.3, 0.4) is 0 Å². The molecule has 0 saturated carbocycles. The highest BCUT2D eigenvalue weighted by atomic mass is 28.4. The number of ketones is 1. The zero-order chi connectivity index (χ0) is 29.3. The lowest BCUT2D eigenvalue weighted by Crippen LogP contribution is -2.75. The van der Waals surface area contributed by atoms with Gasteiger partial charge in [0.1, 0.15) is 6.61 Å². The molecule has 0 unspecified atom stereocenters. The number of hydrogen-bond acceptors (Lipinski definition) is 5. The Bertz CT molecular complexity index is 1100. The highest BCUT2D eigenvalue weighted by Crippen LogP contribution is 2.48. The molecule has 0 spiro atoms. The number of esters is 1. The van der Waals surface area contributed by atoms with Gasteiger partial charge in [-0.15, -0.1) is 0 Å². The minimum Gasteiger partial charge on any atom is -0.452 e. The van der Waals surface area contributed by atoms with Crippen molar-refractivity contribution < 1.29 is 28.3 Å². The summed E-state index contributed by atoms with van der Waals surface area (Å²) in [6, 6.07) is 8.58. The summed E-state index contributed by atoms with van der Waals surface area (Å²) < 4.78 is 13.7. The summed E-state index contributed by atoms with van der Waals surface area (Å²) >= 11 is 0. The first-order chi connectivity index (χ1) is 17.3. The number of nitrogens with zero attached hydrogens (tertiary/aromatic N) is 3. The fraction of sp³-hybridized carbons (Fsp3) is 0.643. The number of ether oxygens (including phenoxy) is 1. The molecule has 1 aromatic rings. The van der Waals surface area contributed by atoms with Crippen molar-refractivity contribution in [3.8, 4) is 0 Å². The fourth-order valence-corrected chi connectivity index (χ4v) is 8.29. The molecule has 0 aromatic heterocycles. The van der Waals surface area contributed by atoms with Gasteiger partial charge >= 0.3 is 11.7 Å². The van der Waals surface area contributed by atoms with Crippen LogP contribution in [0, 0.1) is 5.92 Å². The van der Waals surface area contributed by atoms with Crippen molar-refractivity contribution in [2.45, 2.75) is 110 Å². The van der Waals surface area contributed by atoms with Gasteiger partial charge in [0.05, 0.1) is 12.0 Å². The Kier molecular flexibility index (Phi) is 9.53. The summed E-state index contributed by atoms with van der Waals surface area (Å²) in [5.74, 6) is -2.19.